The normalized spacial score (nSPS) is 34.3. The van der Waals surface area contributed by atoms with Gasteiger partial charge in [0, 0.05) is 6.42 Å². The highest BCUT2D eigenvalue weighted by Gasteiger charge is 2.40. The maximum atomic E-state index is 11.6. The van der Waals surface area contributed by atoms with Gasteiger partial charge in [-0.15, -0.1) is 0 Å². The first kappa shape index (κ1) is 7.78. The summed E-state index contributed by atoms with van der Waals surface area (Å²) in [5, 5.41) is 0. The smallest absolute Gasteiger partial charge is 0.146 e. The third-order valence-electron chi connectivity index (χ3n) is 3.18. The van der Waals surface area contributed by atoms with E-state index in [0.717, 1.165) is 12.8 Å². The monoisotopic (exact) mass is 162 g/mol. The molecule has 0 spiro atoms. The van der Waals surface area contributed by atoms with E-state index in [0.29, 0.717) is 12.2 Å². The van der Waals surface area contributed by atoms with Crippen molar-refractivity contribution < 1.29 is 4.79 Å². The molecule has 64 valence electrons. The van der Waals surface area contributed by atoms with E-state index in [2.05, 4.69) is 26.0 Å². The molecule has 0 heterocycles. The van der Waals surface area contributed by atoms with E-state index in [-0.39, 0.29) is 5.41 Å². The van der Waals surface area contributed by atoms with Gasteiger partial charge in [0.25, 0.3) is 0 Å². The average molecular weight is 162 g/mol. The summed E-state index contributed by atoms with van der Waals surface area (Å²) in [5.41, 5.74) is 2.55. The quantitative estimate of drug-likeness (QED) is 0.535. The highest BCUT2D eigenvalue weighted by molar-refractivity contribution is 5.93. The number of Topliss-reactive ketones (excluding diaryl/α,β-unsaturated/α-hetero) is 1. The minimum absolute atomic E-state index is 0.125. The van der Waals surface area contributed by atoms with Gasteiger partial charge in [0.2, 0.25) is 0 Å². The van der Waals surface area contributed by atoms with Crippen LogP contribution in [0.2, 0.25) is 0 Å². The fourth-order valence-corrected chi connectivity index (χ4v) is 2.10. The lowest BCUT2D eigenvalue weighted by Gasteiger charge is -2.29. The molecule has 12 heavy (non-hydrogen) atoms. The van der Waals surface area contributed by atoms with Crippen LogP contribution in [0.1, 0.15) is 33.1 Å². The SMILES string of the molecule is CC1=CC2=CCC(=O)C2(C)CC1. The van der Waals surface area contributed by atoms with Crippen LogP contribution in [0.15, 0.2) is 23.3 Å². The van der Waals surface area contributed by atoms with Gasteiger partial charge in [-0.1, -0.05) is 17.7 Å². The van der Waals surface area contributed by atoms with Crippen LogP contribution in [0.5, 0.6) is 0 Å². The maximum Gasteiger partial charge on any atom is 0.146 e. The van der Waals surface area contributed by atoms with E-state index < -0.39 is 0 Å². The van der Waals surface area contributed by atoms with Crippen LogP contribution in [0.25, 0.3) is 0 Å². The first-order chi connectivity index (χ1) is 5.63. The predicted octanol–water partition coefficient (Wildman–Crippen LogP) is 2.63. The summed E-state index contributed by atoms with van der Waals surface area (Å²) in [7, 11) is 0. The molecule has 0 amide bonds. The molecule has 0 aliphatic heterocycles. The topological polar surface area (TPSA) is 17.1 Å². The van der Waals surface area contributed by atoms with Crippen molar-refractivity contribution in [3.63, 3.8) is 0 Å². The van der Waals surface area contributed by atoms with Crippen LogP contribution < -0.4 is 0 Å². The number of hydrogen-bond acceptors (Lipinski definition) is 1. The number of carbonyl (C=O) groups is 1. The van der Waals surface area contributed by atoms with E-state index in [4.69, 9.17) is 0 Å². The Balaban J connectivity index is 2.43. The molecule has 0 radical (unpaired) electrons. The summed E-state index contributed by atoms with van der Waals surface area (Å²) in [6.07, 6.45) is 7.02. The van der Waals surface area contributed by atoms with E-state index in [1.165, 1.54) is 11.1 Å². The Morgan fingerprint density at radius 2 is 2.25 bits per heavy atom. The minimum Gasteiger partial charge on any atom is -0.298 e. The van der Waals surface area contributed by atoms with Crippen LogP contribution >= 0.6 is 0 Å². The van der Waals surface area contributed by atoms with Crippen molar-refractivity contribution in [2.45, 2.75) is 33.1 Å². The number of ketones is 1. The molecule has 2 aliphatic rings. The van der Waals surface area contributed by atoms with E-state index in [1.807, 2.05) is 0 Å². The van der Waals surface area contributed by atoms with Crippen LogP contribution in [0.3, 0.4) is 0 Å². The highest BCUT2D eigenvalue weighted by atomic mass is 16.1. The van der Waals surface area contributed by atoms with Gasteiger partial charge in [-0.2, -0.15) is 0 Å². The molecule has 0 aromatic rings. The number of carbonyl (C=O) groups excluding carboxylic acids is 1. The number of rotatable bonds is 0. The van der Waals surface area contributed by atoms with Gasteiger partial charge in [-0.25, -0.2) is 0 Å². The second-order valence-electron chi connectivity index (χ2n) is 4.11. The Bertz CT molecular complexity index is 296. The van der Waals surface area contributed by atoms with E-state index in [9.17, 15) is 4.79 Å². The van der Waals surface area contributed by atoms with Crippen molar-refractivity contribution in [3.05, 3.63) is 23.3 Å². The highest BCUT2D eigenvalue weighted by Crippen LogP contribution is 2.44. The van der Waals surface area contributed by atoms with Gasteiger partial charge in [0.15, 0.2) is 0 Å². The lowest BCUT2D eigenvalue weighted by atomic mass is 9.73. The van der Waals surface area contributed by atoms with Gasteiger partial charge in [0.1, 0.15) is 5.78 Å². The standard InChI is InChI=1S/C11H14O/c1-8-5-6-11(2)9(7-8)3-4-10(11)12/h3,7H,4-6H2,1-2H3. The molecular formula is C11H14O. The molecule has 1 nitrogen and oxygen atoms in total. The Morgan fingerprint density at radius 3 is 3.00 bits per heavy atom. The Hall–Kier alpha value is -0.850. The Morgan fingerprint density at radius 1 is 1.50 bits per heavy atom. The lowest BCUT2D eigenvalue weighted by molar-refractivity contribution is -0.124. The van der Waals surface area contributed by atoms with Crippen molar-refractivity contribution in [2.24, 2.45) is 5.41 Å². The van der Waals surface area contributed by atoms with E-state index in [1.54, 1.807) is 0 Å². The molecular weight excluding hydrogens is 148 g/mol. The predicted molar refractivity (Wildman–Crippen MR) is 48.8 cm³/mol. The average Bonchev–Trinajstić information content (AvgIpc) is 2.31. The fraction of sp³-hybridized carbons (Fsp3) is 0.545. The molecule has 0 saturated heterocycles. The first-order valence-corrected chi connectivity index (χ1v) is 4.54. The lowest BCUT2D eigenvalue weighted by Crippen LogP contribution is -2.26. The molecule has 1 heteroatoms. The molecule has 0 saturated carbocycles. The van der Waals surface area contributed by atoms with Crippen LogP contribution in [0.4, 0.5) is 0 Å². The number of hydrogen-bond donors (Lipinski definition) is 0. The fourth-order valence-electron chi connectivity index (χ4n) is 2.10. The Kier molecular flexibility index (Phi) is 1.50. The molecule has 1 unspecified atom stereocenters. The summed E-state index contributed by atoms with van der Waals surface area (Å²) in [6, 6.07) is 0. The van der Waals surface area contributed by atoms with Crippen molar-refractivity contribution in [1.29, 1.82) is 0 Å². The molecule has 0 N–H and O–H groups in total. The van der Waals surface area contributed by atoms with Crippen molar-refractivity contribution in [2.75, 3.05) is 0 Å². The van der Waals surface area contributed by atoms with Crippen molar-refractivity contribution in [3.8, 4) is 0 Å². The van der Waals surface area contributed by atoms with Crippen LogP contribution in [-0.4, -0.2) is 5.78 Å². The second kappa shape index (κ2) is 2.32. The maximum absolute atomic E-state index is 11.6. The molecule has 2 aliphatic carbocycles. The summed E-state index contributed by atoms with van der Waals surface area (Å²) in [4.78, 5) is 11.6. The van der Waals surface area contributed by atoms with Gasteiger partial charge >= 0.3 is 0 Å². The molecule has 0 aromatic carbocycles. The molecule has 1 atom stereocenters. The van der Waals surface area contributed by atoms with Crippen molar-refractivity contribution in [1.82, 2.24) is 0 Å². The summed E-state index contributed by atoms with van der Waals surface area (Å²) < 4.78 is 0. The largest absolute Gasteiger partial charge is 0.298 e. The minimum atomic E-state index is -0.125. The number of allylic oxidation sites excluding steroid dienone is 4. The zero-order valence-electron chi connectivity index (χ0n) is 7.68. The second-order valence-corrected chi connectivity index (χ2v) is 4.11. The van der Waals surface area contributed by atoms with Gasteiger partial charge in [-0.05, 0) is 32.3 Å². The zero-order chi connectivity index (χ0) is 8.77. The Labute approximate surface area is 73.2 Å². The van der Waals surface area contributed by atoms with E-state index >= 15 is 0 Å². The molecule has 0 bridgehead atoms. The molecule has 0 fully saturated rings. The van der Waals surface area contributed by atoms with Crippen LogP contribution in [-0.2, 0) is 4.79 Å². The number of fused-ring (bicyclic) bond motifs is 1. The first-order valence-electron chi connectivity index (χ1n) is 4.54. The zero-order valence-corrected chi connectivity index (χ0v) is 7.68. The van der Waals surface area contributed by atoms with Crippen molar-refractivity contribution >= 4 is 5.78 Å². The third kappa shape index (κ3) is 0.889. The van der Waals surface area contributed by atoms with Gasteiger partial charge in [-0.3, -0.25) is 4.79 Å². The third-order valence-corrected chi connectivity index (χ3v) is 3.18. The van der Waals surface area contributed by atoms with Gasteiger partial charge in [0.05, 0.1) is 5.41 Å². The molecule has 0 aromatic heterocycles. The summed E-state index contributed by atoms with van der Waals surface area (Å²) in [5.74, 6) is 0.404. The van der Waals surface area contributed by atoms with Crippen LogP contribution in [0, 0.1) is 5.41 Å². The molecule has 2 rings (SSSR count). The summed E-state index contributed by atoms with van der Waals surface area (Å²) >= 11 is 0. The van der Waals surface area contributed by atoms with Gasteiger partial charge < -0.3 is 0 Å². The summed E-state index contributed by atoms with van der Waals surface area (Å²) in [6.45, 7) is 4.22.